The van der Waals surface area contributed by atoms with E-state index in [4.69, 9.17) is 9.84 Å². The fourth-order valence-electron chi connectivity index (χ4n) is 1.62. The quantitative estimate of drug-likeness (QED) is 0.502. The lowest BCUT2D eigenvalue weighted by molar-refractivity contribution is -0.138. The Balaban J connectivity index is 3.01. The van der Waals surface area contributed by atoms with Crippen molar-refractivity contribution in [2.45, 2.75) is 32.6 Å². The van der Waals surface area contributed by atoms with E-state index in [-0.39, 0.29) is 22.5 Å². The van der Waals surface area contributed by atoms with Crippen molar-refractivity contribution in [2.75, 3.05) is 0 Å². The van der Waals surface area contributed by atoms with Crippen molar-refractivity contribution in [3.63, 3.8) is 0 Å². The van der Waals surface area contributed by atoms with Crippen LogP contribution in [-0.2, 0) is 15.0 Å². The number of benzene rings is 1. The van der Waals surface area contributed by atoms with Crippen LogP contribution >= 0.6 is 0 Å². The summed E-state index contributed by atoms with van der Waals surface area (Å²) in [5.74, 6) is -1.58. The van der Waals surface area contributed by atoms with E-state index in [1.54, 1.807) is 0 Å². The van der Waals surface area contributed by atoms with Gasteiger partial charge in [0.15, 0.2) is 0 Å². The van der Waals surface area contributed by atoms with Gasteiger partial charge in [-0.05, 0) is 23.6 Å². The van der Waals surface area contributed by atoms with Gasteiger partial charge in [0.2, 0.25) is 0 Å². The largest absolute Gasteiger partial charge is 0.508 e. The number of rotatable bonds is 4. The molecule has 1 aromatic carbocycles. The van der Waals surface area contributed by atoms with Gasteiger partial charge in [-0.2, -0.15) is 0 Å². The summed E-state index contributed by atoms with van der Waals surface area (Å²) in [6.45, 7) is 9.12. The molecule has 0 amide bonds. The second-order valence-corrected chi connectivity index (χ2v) is 5.49. The van der Waals surface area contributed by atoms with E-state index in [0.29, 0.717) is 5.56 Å². The highest BCUT2D eigenvalue weighted by Crippen LogP contribution is 2.34. The fraction of sp³-hybridized carbons (Fsp3) is 0.333. The number of hydrogen-bond donors (Lipinski definition) is 2. The SMILES string of the molecule is C=C(CC(=O)O)C(=O)Oc1ccc(O)cc1C(C)(C)C. The molecule has 0 fully saturated rings. The van der Waals surface area contributed by atoms with Gasteiger partial charge in [-0.3, -0.25) is 4.79 Å². The van der Waals surface area contributed by atoms with Crippen molar-refractivity contribution in [1.82, 2.24) is 0 Å². The molecule has 0 aliphatic heterocycles. The molecule has 0 unspecified atom stereocenters. The molecule has 0 bridgehead atoms. The zero-order chi connectivity index (χ0) is 15.5. The third kappa shape index (κ3) is 4.12. The van der Waals surface area contributed by atoms with Gasteiger partial charge in [0.1, 0.15) is 11.5 Å². The maximum absolute atomic E-state index is 11.8. The molecule has 0 saturated heterocycles. The molecule has 0 radical (unpaired) electrons. The standard InChI is InChI=1S/C15H18O5/c1-9(7-13(17)18)14(19)20-12-6-5-10(16)8-11(12)15(2,3)4/h5-6,8,16H,1,7H2,2-4H3,(H,17,18). The number of carboxylic acids is 1. The summed E-state index contributed by atoms with van der Waals surface area (Å²) in [5.41, 5.74) is 0.169. The smallest absolute Gasteiger partial charge is 0.339 e. The summed E-state index contributed by atoms with van der Waals surface area (Å²) < 4.78 is 5.18. The Kier molecular flexibility index (Phi) is 4.55. The average Bonchev–Trinajstić information content (AvgIpc) is 2.29. The number of esters is 1. The second kappa shape index (κ2) is 5.77. The lowest BCUT2D eigenvalue weighted by atomic mass is 9.86. The molecular weight excluding hydrogens is 260 g/mol. The molecule has 1 rings (SSSR count). The van der Waals surface area contributed by atoms with E-state index in [1.165, 1.54) is 18.2 Å². The van der Waals surface area contributed by atoms with Crippen LogP contribution in [0.5, 0.6) is 11.5 Å². The number of aliphatic carboxylic acids is 1. The summed E-state index contributed by atoms with van der Waals surface area (Å²) in [5, 5.41) is 18.1. The average molecular weight is 278 g/mol. The number of carbonyl (C=O) groups is 2. The van der Waals surface area contributed by atoms with Crippen LogP contribution in [0.25, 0.3) is 0 Å². The minimum absolute atomic E-state index is 0.0686. The molecule has 2 N–H and O–H groups in total. The van der Waals surface area contributed by atoms with E-state index >= 15 is 0 Å². The molecule has 0 aliphatic rings. The zero-order valence-corrected chi connectivity index (χ0v) is 11.8. The summed E-state index contributed by atoms with van der Waals surface area (Å²) >= 11 is 0. The highest BCUT2D eigenvalue weighted by Gasteiger charge is 2.22. The van der Waals surface area contributed by atoms with Crippen LogP contribution in [0.2, 0.25) is 0 Å². The predicted octanol–water partition coefficient (Wildman–Crippen LogP) is 2.63. The van der Waals surface area contributed by atoms with E-state index in [9.17, 15) is 14.7 Å². The number of ether oxygens (including phenoxy) is 1. The van der Waals surface area contributed by atoms with Gasteiger partial charge in [0.05, 0.1) is 6.42 Å². The highest BCUT2D eigenvalue weighted by molar-refractivity contribution is 5.94. The van der Waals surface area contributed by atoms with Crippen LogP contribution in [0.15, 0.2) is 30.4 Å². The normalized spacial score (nSPS) is 10.9. The van der Waals surface area contributed by atoms with Crippen molar-refractivity contribution in [2.24, 2.45) is 0 Å². The van der Waals surface area contributed by atoms with Gasteiger partial charge >= 0.3 is 11.9 Å². The van der Waals surface area contributed by atoms with Gasteiger partial charge in [-0.1, -0.05) is 27.4 Å². The molecule has 1 aromatic rings. The molecule has 0 heterocycles. The Morgan fingerprint density at radius 1 is 1.30 bits per heavy atom. The predicted molar refractivity (Wildman–Crippen MR) is 73.8 cm³/mol. The Hall–Kier alpha value is -2.30. The van der Waals surface area contributed by atoms with Crippen LogP contribution in [0.3, 0.4) is 0 Å². The molecule has 0 atom stereocenters. The second-order valence-electron chi connectivity index (χ2n) is 5.49. The van der Waals surface area contributed by atoms with Crippen LogP contribution in [0, 0.1) is 0 Å². The number of aromatic hydroxyl groups is 1. The summed E-state index contributed by atoms with van der Waals surface area (Å²) in [7, 11) is 0. The minimum Gasteiger partial charge on any atom is -0.508 e. The van der Waals surface area contributed by atoms with Crippen molar-refractivity contribution in [3.8, 4) is 11.5 Å². The summed E-state index contributed by atoms with van der Waals surface area (Å²) in [4.78, 5) is 22.3. The van der Waals surface area contributed by atoms with Gasteiger partial charge in [0, 0.05) is 11.1 Å². The highest BCUT2D eigenvalue weighted by atomic mass is 16.5. The molecular formula is C15H18O5. The van der Waals surface area contributed by atoms with E-state index in [1.807, 2.05) is 20.8 Å². The van der Waals surface area contributed by atoms with Gasteiger partial charge in [-0.25, -0.2) is 4.79 Å². The van der Waals surface area contributed by atoms with Gasteiger partial charge < -0.3 is 14.9 Å². The number of carbonyl (C=O) groups excluding carboxylic acids is 1. The molecule has 20 heavy (non-hydrogen) atoms. The Morgan fingerprint density at radius 3 is 2.40 bits per heavy atom. The Bertz CT molecular complexity index is 552. The third-order valence-corrected chi connectivity index (χ3v) is 2.63. The van der Waals surface area contributed by atoms with Crippen molar-refractivity contribution in [1.29, 1.82) is 0 Å². The van der Waals surface area contributed by atoms with E-state index in [2.05, 4.69) is 6.58 Å². The molecule has 0 saturated carbocycles. The first-order valence-corrected chi connectivity index (χ1v) is 6.06. The molecule has 0 spiro atoms. The number of phenols is 1. The third-order valence-electron chi connectivity index (χ3n) is 2.63. The van der Waals surface area contributed by atoms with Crippen LogP contribution in [-0.4, -0.2) is 22.2 Å². The maximum Gasteiger partial charge on any atom is 0.339 e. The number of hydrogen-bond acceptors (Lipinski definition) is 4. The molecule has 5 heteroatoms. The van der Waals surface area contributed by atoms with E-state index in [0.717, 1.165) is 0 Å². The first-order valence-electron chi connectivity index (χ1n) is 6.06. The number of carboxylic acid groups (broad SMARTS) is 1. The van der Waals surface area contributed by atoms with Crippen molar-refractivity contribution >= 4 is 11.9 Å². The first kappa shape index (κ1) is 15.8. The zero-order valence-electron chi connectivity index (χ0n) is 11.8. The summed E-state index contributed by atoms with van der Waals surface area (Å²) in [6, 6.07) is 4.39. The fourth-order valence-corrected chi connectivity index (χ4v) is 1.62. The lowest BCUT2D eigenvalue weighted by Gasteiger charge is -2.22. The van der Waals surface area contributed by atoms with E-state index < -0.39 is 18.4 Å². The van der Waals surface area contributed by atoms with Gasteiger partial charge in [0.25, 0.3) is 0 Å². The van der Waals surface area contributed by atoms with Crippen LogP contribution < -0.4 is 4.74 Å². The first-order chi connectivity index (χ1) is 9.11. The molecule has 108 valence electrons. The van der Waals surface area contributed by atoms with Crippen molar-refractivity contribution < 1.29 is 24.5 Å². The monoisotopic (exact) mass is 278 g/mol. The van der Waals surface area contributed by atoms with Gasteiger partial charge in [-0.15, -0.1) is 0 Å². The molecule has 0 aliphatic carbocycles. The minimum atomic E-state index is -1.14. The van der Waals surface area contributed by atoms with Crippen molar-refractivity contribution in [3.05, 3.63) is 35.9 Å². The molecule has 5 nitrogen and oxygen atoms in total. The van der Waals surface area contributed by atoms with Crippen LogP contribution in [0.4, 0.5) is 0 Å². The Labute approximate surface area is 117 Å². The summed E-state index contributed by atoms with van der Waals surface area (Å²) in [6.07, 6.45) is -0.470. The lowest BCUT2D eigenvalue weighted by Crippen LogP contribution is -2.18. The topological polar surface area (TPSA) is 83.8 Å². The Morgan fingerprint density at radius 2 is 1.90 bits per heavy atom. The number of phenolic OH excluding ortho intramolecular Hbond substituents is 1. The van der Waals surface area contributed by atoms with Crippen LogP contribution in [0.1, 0.15) is 32.8 Å². The molecule has 0 aromatic heterocycles. The maximum atomic E-state index is 11.8.